The molecule has 0 radical (unpaired) electrons. The Hall–Kier alpha value is -3.41. The van der Waals surface area contributed by atoms with Crippen LogP contribution < -0.4 is 15.4 Å². The van der Waals surface area contributed by atoms with Crippen LogP contribution in [0.5, 0.6) is 5.75 Å². The fraction of sp³-hybridized carbons (Fsp3) is 0.100. The van der Waals surface area contributed by atoms with E-state index in [1.807, 2.05) is 24.3 Å². The molecule has 5 nitrogen and oxygen atoms in total. The van der Waals surface area contributed by atoms with E-state index in [1.165, 1.54) is 12.3 Å². The first kappa shape index (κ1) is 17.4. The largest absolute Gasteiger partial charge is 0.497 e. The van der Waals surface area contributed by atoms with Crippen LogP contribution in [0, 0.1) is 5.82 Å². The van der Waals surface area contributed by atoms with E-state index in [0.29, 0.717) is 17.2 Å². The summed E-state index contributed by atoms with van der Waals surface area (Å²) in [5.41, 5.74) is 1.80. The van der Waals surface area contributed by atoms with E-state index < -0.39 is 0 Å². The van der Waals surface area contributed by atoms with Crippen LogP contribution in [-0.4, -0.2) is 18.0 Å². The predicted molar refractivity (Wildman–Crippen MR) is 99.2 cm³/mol. The van der Waals surface area contributed by atoms with Gasteiger partial charge in [-0.2, -0.15) is 0 Å². The molecular weight excluding hydrogens is 333 g/mol. The Morgan fingerprint density at radius 2 is 1.85 bits per heavy atom. The third-order valence-corrected chi connectivity index (χ3v) is 3.71. The minimum absolute atomic E-state index is 0.147. The summed E-state index contributed by atoms with van der Waals surface area (Å²) in [5.74, 6) is 0.734. The third-order valence-electron chi connectivity index (χ3n) is 3.71. The second kappa shape index (κ2) is 8.11. The predicted octanol–water partition coefficient (Wildman–Crippen LogP) is 4.15. The van der Waals surface area contributed by atoms with Crippen LogP contribution in [0.15, 0.2) is 66.9 Å². The van der Waals surface area contributed by atoms with Crippen molar-refractivity contribution in [2.24, 2.45) is 0 Å². The maximum absolute atomic E-state index is 13.6. The van der Waals surface area contributed by atoms with Gasteiger partial charge < -0.3 is 15.4 Å². The lowest BCUT2D eigenvalue weighted by Crippen LogP contribution is -2.14. The molecule has 2 N–H and O–H groups in total. The van der Waals surface area contributed by atoms with Crippen molar-refractivity contribution in [3.05, 3.63) is 78.2 Å². The van der Waals surface area contributed by atoms with E-state index in [9.17, 15) is 9.18 Å². The second-order valence-electron chi connectivity index (χ2n) is 5.61. The molecule has 0 aliphatic rings. The highest BCUT2D eigenvalue weighted by atomic mass is 19.1. The lowest BCUT2D eigenvalue weighted by Gasteiger charge is -2.09. The number of ether oxygens (including phenoxy) is 1. The van der Waals surface area contributed by atoms with E-state index in [4.69, 9.17) is 4.74 Å². The van der Waals surface area contributed by atoms with Gasteiger partial charge in [0.25, 0.3) is 0 Å². The second-order valence-corrected chi connectivity index (χ2v) is 5.61. The Bertz CT molecular complexity index is 880. The molecule has 0 fully saturated rings. The van der Waals surface area contributed by atoms with Gasteiger partial charge in [0.1, 0.15) is 17.4 Å². The van der Waals surface area contributed by atoms with Crippen molar-refractivity contribution in [1.29, 1.82) is 0 Å². The van der Waals surface area contributed by atoms with Gasteiger partial charge in [-0.1, -0.05) is 24.3 Å². The summed E-state index contributed by atoms with van der Waals surface area (Å²) < 4.78 is 18.7. The van der Waals surface area contributed by atoms with Crippen LogP contribution in [0.25, 0.3) is 0 Å². The zero-order chi connectivity index (χ0) is 18.4. The van der Waals surface area contributed by atoms with Gasteiger partial charge in [0.15, 0.2) is 0 Å². The highest BCUT2D eigenvalue weighted by Gasteiger charge is 2.06. The first-order chi connectivity index (χ1) is 12.6. The average Bonchev–Trinajstić information content (AvgIpc) is 2.66. The van der Waals surface area contributed by atoms with Gasteiger partial charge in [0.2, 0.25) is 5.91 Å². The Kier molecular flexibility index (Phi) is 5.43. The molecule has 3 aromatic rings. The van der Waals surface area contributed by atoms with Crippen LogP contribution in [0.3, 0.4) is 0 Å². The van der Waals surface area contributed by atoms with Crippen LogP contribution in [-0.2, 0) is 11.2 Å². The summed E-state index contributed by atoms with van der Waals surface area (Å²) in [6, 6.07) is 17.1. The average molecular weight is 351 g/mol. The fourth-order valence-electron chi connectivity index (χ4n) is 2.38. The number of carbonyl (C=O) groups is 1. The molecule has 0 aliphatic carbocycles. The normalized spacial score (nSPS) is 10.2. The lowest BCUT2D eigenvalue weighted by molar-refractivity contribution is -0.115. The van der Waals surface area contributed by atoms with Crippen LogP contribution in [0.4, 0.5) is 21.6 Å². The van der Waals surface area contributed by atoms with Crippen molar-refractivity contribution in [2.45, 2.75) is 6.42 Å². The summed E-state index contributed by atoms with van der Waals surface area (Å²) >= 11 is 0. The summed E-state index contributed by atoms with van der Waals surface area (Å²) in [4.78, 5) is 16.3. The number of benzene rings is 2. The Balaban J connectivity index is 1.58. The van der Waals surface area contributed by atoms with Gasteiger partial charge in [0, 0.05) is 0 Å². The summed E-state index contributed by atoms with van der Waals surface area (Å²) in [6.07, 6.45) is 1.77. The van der Waals surface area contributed by atoms with Crippen LogP contribution >= 0.6 is 0 Å². The molecule has 1 heterocycles. The molecule has 0 bridgehead atoms. The number of pyridine rings is 1. The lowest BCUT2D eigenvalue weighted by atomic mass is 10.1. The van der Waals surface area contributed by atoms with E-state index >= 15 is 0 Å². The molecule has 1 amide bonds. The summed E-state index contributed by atoms with van der Waals surface area (Å²) in [5, 5.41) is 5.68. The van der Waals surface area contributed by atoms with Crippen molar-refractivity contribution in [2.75, 3.05) is 17.7 Å². The maximum atomic E-state index is 13.6. The molecule has 6 heteroatoms. The summed E-state index contributed by atoms with van der Waals surface area (Å²) in [7, 11) is 1.60. The fourth-order valence-corrected chi connectivity index (χ4v) is 2.38. The van der Waals surface area contributed by atoms with Crippen molar-refractivity contribution in [3.63, 3.8) is 0 Å². The number of aromatic nitrogens is 1. The quantitative estimate of drug-likeness (QED) is 0.700. The minimum atomic E-state index is -0.355. The molecule has 3 rings (SSSR count). The molecule has 0 saturated carbocycles. The van der Waals surface area contributed by atoms with Crippen molar-refractivity contribution in [1.82, 2.24) is 4.98 Å². The number of carbonyl (C=O) groups excluding carboxylic acids is 1. The molecule has 0 saturated heterocycles. The zero-order valence-electron chi connectivity index (χ0n) is 14.2. The standard InChI is InChI=1S/C20H18FN3O2/c1-26-16-9-6-14(7-10-16)12-20(25)23-15-8-11-19(22-13-15)24-18-5-3-2-4-17(18)21/h2-11,13H,12H2,1H3,(H,22,24)(H,23,25). The number of anilines is 3. The molecule has 0 atom stereocenters. The van der Waals surface area contributed by atoms with Gasteiger partial charge in [-0.15, -0.1) is 0 Å². The van der Waals surface area contributed by atoms with E-state index in [0.717, 1.165) is 11.3 Å². The topological polar surface area (TPSA) is 63.2 Å². The molecule has 1 aromatic heterocycles. The van der Waals surface area contributed by atoms with Gasteiger partial charge in [-0.05, 0) is 42.0 Å². The highest BCUT2D eigenvalue weighted by molar-refractivity contribution is 5.92. The van der Waals surface area contributed by atoms with E-state index in [2.05, 4.69) is 15.6 Å². The SMILES string of the molecule is COc1ccc(CC(=O)Nc2ccc(Nc3ccccc3F)nc2)cc1. The zero-order valence-corrected chi connectivity index (χ0v) is 14.2. The summed E-state index contributed by atoms with van der Waals surface area (Å²) in [6.45, 7) is 0. The Morgan fingerprint density at radius 3 is 2.50 bits per heavy atom. The number of nitrogens with one attached hydrogen (secondary N) is 2. The number of methoxy groups -OCH3 is 1. The number of hydrogen-bond acceptors (Lipinski definition) is 4. The molecule has 0 spiro atoms. The number of para-hydroxylation sites is 1. The van der Waals surface area contributed by atoms with Crippen LogP contribution in [0.2, 0.25) is 0 Å². The molecule has 0 unspecified atom stereocenters. The monoisotopic (exact) mass is 351 g/mol. The molecule has 2 aromatic carbocycles. The van der Waals surface area contributed by atoms with Crippen molar-refractivity contribution >= 4 is 23.1 Å². The first-order valence-electron chi connectivity index (χ1n) is 8.04. The van der Waals surface area contributed by atoms with Crippen molar-refractivity contribution in [3.8, 4) is 5.75 Å². The number of rotatable bonds is 6. The number of hydrogen-bond donors (Lipinski definition) is 2. The molecular formula is C20H18FN3O2. The van der Waals surface area contributed by atoms with Crippen LogP contribution in [0.1, 0.15) is 5.56 Å². The van der Waals surface area contributed by atoms with Crippen molar-refractivity contribution < 1.29 is 13.9 Å². The molecule has 26 heavy (non-hydrogen) atoms. The number of nitrogens with zero attached hydrogens (tertiary/aromatic N) is 1. The minimum Gasteiger partial charge on any atom is -0.497 e. The molecule has 132 valence electrons. The van der Waals surface area contributed by atoms with Gasteiger partial charge in [-0.3, -0.25) is 4.79 Å². The van der Waals surface area contributed by atoms with Gasteiger partial charge in [-0.25, -0.2) is 9.37 Å². The Labute approximate surface area is 150 Å². The maximum Gasteiger partial charge on any atom is 0.228 e. The van der Waals surface area contributed by atoms with E-state index in [-0.39, 0.29) is 18.1 Å². The number of halogens is 1. The highest BCUT2D eigenvalue weighted by Crippen LogP contribution is 2.19. The third kappa shape index (κ3) is 4.57. The van der Waals surface area contributed by atoms with Gasteiger partial charge >= 0.3 is 0 Å². The number of amides is 1. The van der Waals surface area contributed by atoms with E-state index in [1.54, 1.807) is 37.4 Å². The smallest absolute Gasteiger partial charge is 0.228 e. The first-order valence-corrected chi connectivity index (χ1v) is 8.04. The van der Waals surface area contributed by atoms with Gasteiger partial charge in [0.05, 0.1) is 31.1 Å². The molecule has 0 aliphatic heterocycles. The Morgan fingerprint density at radius 1 is 1.08 bits per heavy atom.